The van der Waals surface area contributed by atoms with Gasteiger partial charge in [-0.3, -0.25) is 0 Å². The Morgan fingerprint density at radius 2 is 1.73 bits per heavy atom. The van der Waals surface area contributed by atoms with Gasteiger partial charge in [-0.15, -0.1) is 0 Å². The quantitative estimate of drug-likeness (QED) is 0.473. The van der Waals surface area contributed by atoms with Crippen LogP contribution in [0.1, 0.15) is 5.56 Å². The molecule has 0 spiro atoms. The van der Waals surface area contributed by atoms with Gasteiger partial charge < -0.3 is 4.74 Å². The Morgan fingerprint density at radius 3 is 2.47 bits per heavy atom. The van der Waals surface area contributed by atoms with Gasteiger partial charge in [-0.1, -0.05) is 48.5 Å². The van der Waals surface area contributed by atoms with Crippen LogP contribution < -0.4 is 9.46 Å². The largest absolute Gasteiger partial charge is 0.455 e. The minimum absolute atomic E-state index is 0.0179. The number of anilines is 1. The summed E-state index contributed by atoms with van der Waals surface area (Å²) in [7, 11) is -3.93. The van der Waals surface area contributed by atoms with Crippen molar-refractivity contribution in [1.82, 2.24) is 9.36 Å². The second kappa shape index (κ2) is 8.32. The molecule has 7 nitrogen and oxygen atoms in total. The molecule has 30 heavy (non-hydrogen) atoms. The standard InChI is InChI=1S/C21H14N4O3S2/c22-13-16-12-17(30(26,27)25-21-23-14-29-24-21)10-11-19(16)28-20-9-5-4-8-18(20)15-6-2-1-3-7-15/h1-12,14H,(H,24,25). The maximum Gasteiger partial charge on any atom is 0.264 e. The Hall–Kier alpha value is -3.74. The normalized spacial score (nSPS) is 10.9. The van der Waals surface area contributed by atoms with Crippen LogP contribution >= 0.6 is 11.5 Å². The summed E-state index contributed by atoms with van der Waals surface area (Å²) in [6.45, 7) is 0. The zero-order valence-electron chi connectivity index (χ0n) is 15.4. The van der Waals surface area contributed by atoms with Crippen molar-refractivity contribution in [3.05, 3.63) is 83.9 Å². The molecule has 1 aromatic heterocycles. The fourth-order valence-corrected chi connectivity index (χ4v) is 4.20. The molecule has 0 aliphatic rings. The van der Waals surface area contributed by atoms with Crippen LogP contribution in [0.2, 0.25) is 0 Å². The van der Waals surface area contributed by atoms with Crippen molar-refractivity contribution in [1.29, 1.82) is 5.26 Å². The number of hydrogen-bond acceptors (Lipinski definition) is 7. The smallest absolute Gasteiger partial charge is 0.264 e. The fourth-order valence-electron chi connectivity index (χ4n) is 2.78. The lowest BCUT2D eigenvalue weighted by Crippen LogP contribution is -2.14. The highest BCUT2D eigenvalue weighted by atomic mass is 32.2. The number of benzene rings is 3. The van der Waals surface area contributed by atoms with Gasteiger partial charge in [0.05, 0.1) is 10.5 Å². The van der Waals surface area contributed by atoms with Gasteiger partial charge >= 0.3 is 0 Å². The molecule has 0 atom stereocenters. The van der Waals surface area contributed by atoms with Gasteiger partial charge in [0.2, 0.25) is 5.95 Å². The van der Waals surface area contributed by atoms with Gasteiger partial charge in [-0.25, -0.2) is 18.1 Å². The zero-order valence-corrected chi connectivity index (χ0v) is 17.0. The van der Waals surface area contributed by atoms with Crippen LogP contribution in [0, 0.1) is 11.3 Å². The SMILES string of the molecule is N#Cc1cc(S(=O)(=O)Nc2ncsn2)ccc1Oc1ccccc1-c1ccccc1. The molecule has 9 heteroatoms. The summed E-state index contributed by atoms with van der Waals surface area (Å²) in [5.74, 6) is 0.794. The molecule has 3 aromatic carbocycles. The third kappa shape index (κ3) is 4.15. The van der Waals surface area contributed by atoms with Gasteiger partial charge in [-0.05, 0) is 41.4 Å². The van der Waals surface area contributed by atoms with Crippen molar-refractivity contribution in [2.75, 3.05) is 4.72 Å². The molecule has 0 aliphatic carbocycles. The maximum absolute atomic E-state index is 12.5. The molecule has 1 heterocycles. The van der Waals surface area contributed by atoms with Gasteiger partial charge in [0.25, 0.3) is 10.0 Å². The Balaban J connectivity index is 1.67. The van der Waals surface area contributed by atoms with E-state index in [1.807, 2.05) is 54.6 Å². The molecule has 0 amide bonds. The molecule has 0 saturated heterocycles. The van der Waals surface area contributed by atoms with E-state index in [-0.39, 0.29) is 22.2 Å². The van der Waals surface area contributed by atoms with Crippen molar-refractivity contribution in [3.8, 4) is 28.7 Å². The van der Waals surface area contributed by atoms with Crippen LogP contribution in [0.15, 0.2) is 83.2 Å². The lowest BCUT2D eigenvalue weighted by molar-refractivity contribution is 0.482. The van der Waals surface area contributed by atoms with Crippen LogP contribution in [0.4, 0.5) is 5.95 Å². The number of para-hydroxylation sites is 1. The molecular formula is C21H14N4O3S2. The van der Waals surface area contributed by atoms with Crippen molar-refractivity contribution in [3.63, 3.8) is 0 Å². The van der Waals surface area contributed by atoms with E-state index in [2.05, 4.69) is 14.1 Å². The predicted octanol–water partition coefficient (Wildman–Crippen LogP) is 4.67. The number of nitriles is 1. The average molecular weight is 435 g/mol. The van der Waals surface area contributed by atoms with Crippen molar-refractivity contribution in [2.24, 2.45) is 0 Å². The van der Waals surface area contributed by atoms with E-state index < -0.39 is 10.0 Å². The molecular weight excluding hydrogens is 420 g/mol. The van der Waals surface area contributed by atoms with E-state index in [1.165, 1.54) is 23.7 Å². The Kier molecular flexibility index (Phi) is 5.43. The van der Waals surface area contributed by atoms with Crippen LogP contribution in [0.25, 0.3) is 11.1 Å². The molecule has 0 bridgehead atoms. The Morgan fingerprint density at radius 1 is 0.967 bits per heavy atom. The minimum Gasteiger partial charge on any atom is -0.455 e. The molecule has 0 fully saturated rings. The van der Waals surface area contributed by atoms with E-state index in [0.717, 1.165) is 22.7 Å². The van der Waals surface area contributed by atoms with E-state index in [4.69, 9.17) is 4.74 Å². The number of rotatable bonds is 6. The van der Waals surface area contributed by atoms with Gasteiger partial charge in [0, 0.05) is 5.56 Å². The molecule has 148 valence electrons. The Bertz CT molecular complexity index is 1320. The first kappa shape index (κ1) is 19.6. The number of ether oxygens (including phenoxy) is 1. The summed E-state index contributed by atoms with van der Waals surface area (Å²) in [6.07, 6.45) is 0. The van der Waals surface area contributed by atoms with Gasteiger partial charge in [-0.2, -0.15) is 9.64 Å². The lowest BCUT2D eigenvalue weighted by atomic mass is 10.0. The third-order valence-corrected chi connectivity index (χ3v) is 5.96. The van der Waals surface area contributed by atoms with Crippen LogP contribution in [-0.2, 0) is 10.0 Å². The van der Waals surface area contributed by atoms with Gasteiger partial charge in [0.1, 0.15) is 23.1 Å². The monoisotopic (exact) mass is 434 g/mol. The van der Waals surface area contributed by atoms with E-state index in [0.29, 0.717) is 5.75 Å². The molecule has 0 aliphatic heterocycles. The van der Waals surface area contributed by atoms with Crippen LogP contribution in [0.3, 0.4) is 0 Å². The first-order valence-corrected chi connectivity index (χ1v) is 11.0. The Labute approximate surface area is 177 Å². The first-order chi connectivity index (χ1) is 14.6. The number of sulfonamides is 1. The summed E-state index contributed by atoms with van der Waals surface area (Å²) < 4.78 is 37.2. The lowest BCUT2D eigenvalue weighted by Gasteiger charge is -2.13. The fraction of sp³-hybridized carbons (Fsp3) is 0. The maximum atomic E-state index is 12.5. The summed E-state index contributed by atoms with van der Waals surface area (Å²) in [6, 6.07) is 23.2. The second-order valence-corrected chi connectivity index (χ2v) is 8.38. The first-order valence-electron chi connectivity index (χ1n) is 8.72. The van der Waals surface area contributed by atoms with Gasteiger partial charge in [0.15, 0.2) is 0 Å². The minimum atomic E-state index is -3.93. The molecule has 4 rings (SSSR count). The topological polar surface area (TPSA) is 105 Å². The highest BCUT2D eigenvalue weighted by Gasteiger charge is 2.19. The molecule has 0 saturated carbocycles. The highest BCUT2D eigenvalue weighted by molar-refractivity contribution is 7.92. The number of nitrogens with zero attached hydrogens (tertiary/aromatic N) is 3. The molecule has 0 unspecified atom stereocenters. The molecule has 4 aromatic rings. The average Bonchev–Trinajstić information content (AvgIpc) is 3.27. The van der Waals surface area contributed by atoms with E-state index >= 15 is 0 Å². The second-order valence-electron chi connectivity index (χ2n) is 6.09. The van der Waals surface area contributed by atoms with Crippen molar-refractivity contribution >= 4 is 27.5 Å². The third-order valence-electron chi connectivity index (χ3n) is 4.16. The van der Waals surface area contributed by atoms with Crippen LogP contribution in [-0.4, -0.2) is 17.8 Å². The van der Waals surface area contributed by atoms with Crippen molar-refractivity contribution < 1.29 is 13.2 Å². The van der Waals surface area contributed by atoms with E-state index in [1.54, 1.807) is 6.07 Å². The number of nitrogens with one attached hydrogen (secondary N) is 1. The molecule has 0 radical (unpaired) electrons. The summed E-state index contributed by atoms with van der Waals surface area (Å²) in [5, 5.41) is 9.56. The van der Waals surface area contributed by atoms with Crippen LogP contribution in [0.5, 0.6) is 11.5 Å². The number of aromatic nitrogens is 2. The summed E-state index contributed by atoms with van der Waals surface area (Å²) in [4.78, 5) is 3.72. The highest BCUT2D eigenvalue weighted by Crippen LogP contribution is 2.35. The van der Waals surface area contributed by atoms with E-state index in [9.17, 15) is 13.7 Å². The summed E-state index contributed by atoms with van der Waals surface area (Å²) in [5.41, 5.74) is 3.33. The molecule has 1 N–H and O–H groups in total. The predicted molar refractivity (Wildman–Crippen MR) is 114 cm³/mol. The summed E-state index contributed by atoms with van der Waals surface area (Å²) >= 11 is 1.03. The van der Waals surface area contributed by atoms with Crippen molar-refractivity contribution in [2.45, 2.75) is 4.90 Å². The zero-order chi connectivity index (χ0) is 21.0. The number of hydrogen-bond donors (Lipinski definition) is 1.